The lowest BCUT2D eigenvalue weighted by atomic mass is 10.0. The molecule has 0 spiro atoms. The Morgan fingerprint density at radius 2 is 2.35 bits per heavy atom. The number of amidine groups is 1. The third-order valence-corrected chi connectivity index (χ3v) is 3.21. The molecule has 0 fully saturated rings. The van der Waals surface area contributed by atoms with Crippen molar-refractivity contribution in [1.82, 2.24) is 10.2 Å². The Morgan fingerprint density at radius 1 is 1.65 bits per heavy atom. The normalized spacial score (nSPS) is 19.2. The molecule has 1 heterocycles. The van der Waals surface area contributed by atoms with Crippen LogP contribution in [0.25, 0.3) is 0 Å². The quantitative estimate of drug-likeness (QED) is 0.396. The molecule has 0 saturated heterocycles. The van der Waals surface area contributed by atoms with Crippen molar-refractivity contribution in [2.75, 3.05) is 26.7 Å². The Morgan fingerprint density at radius 3 is 2.88 bits per heavy atom. The van der Waals surface area contributed by atoms with Gasteiger partial charge in [-0.1, -0.05) is 6.92 Å². The number of hydrogen-bond donors (Lipinski definition) is 4. The summed E-state index contributed by atoms with van der Waals surface area (Å²) in [6.07, 6.45) is 2.60. The second-order valence-corrected chi connectivity index (χ2v) is 4.62. The molecule has 5 nitrogen and oxygen atoms in total. The van der Waals surface area contributed by atoms with Gasteiger partial charge in [-0.05, 0) is 19.9 Å². The maximum atomic E-state index is 8.98. The van der Waals surface area contributed by atoms with E-state index in [0.717, 1.165) is 43.6 Å². The van der Waals surface area contributed by atoms with Gasteiger partial charge in [0.25, 0.3) is 0 Å². The van der Waals surface area contributed by atoms with Crippen LogP contribution in [0.1, 0.15) is 26.2 Å². The average Bonchev–Trinajstić information content (AvgIpc) is 2.30. The summed E-state index contributed by atoms with van der Waals surface area (Å²) in [5, 5.41) is 20.0. The molecular weight excluding hydrogens is 216 g/mol. The first-order valence-electron chi connectivity index (χ1n) is 6.20. The zero-order valence-electron chi connectivity index (χ0n) is 10.8. The summed E-state index contributed by atoms with van der Waals surface area (Å²) >= 11 is 0. The van der Waals surface area contributed by atoms with Crippen molar-refractivity contribution in [3.05, 3.63) is 11.3 Å². The van der Waals surface area contributed by atoms with Gasteiger partial charge in [0.1, 0.15) is 5.84 Å². The summed E-state index contributed by atoms with van der Waals surface area (Å²) in [6.45, 7) is 3.99. The van der Waals surface area contributed by atoms with E-state index < -0.39 is 0 Å². The molecule has 0 aliphatic carbocycles. The summed E-state index contributed by atoms with van der Waals surface area (Å²) in [4.78, 5) is 2.16. The molecule has 1 rings (SSSR count). The van der Waals surface area contributed by atoms with E-state index in [1.165, 1.54) is 0 Å². The zero-order valence-corrected chi connectivity index (χ0v) is 10.8. The van der Waals surface area contributed by atoms with E-state index >= 15 is 0 Å². The molecule has 1 unspecified atom stereocenters. The predicted octanol–water partition coefficient (Wildman–Crippen LogP) is 0.263. The van der Waals surface area contributed by atoms with Crippen molar-refractivity contribution >= 4 is 5.84 Å². The molecule has 98 valence electrons. The van der Waals surface area contributed by atoms with Crippen LogP contribution in [0.3, 0.4) is 0 Å². The Bertz CT molecular complexity index is 301. The minimum Gasteiger partial charge on any atom is -0.396 e. The van der Waals surface area contributed by atoms with Crippen LogP contribution in [0, 0.1) is 5.41 Å². The molecular formula is C12H24N4O. The summed E-state index contributed by atoms with van der Waals surface area (Å²) < 4.78 is 0. The predicted molar refractivity (Wildman–Crippen MR) is 70.0 cm³/mol. The van der Waals surface area contributed by atoms with Gasteiger partial charge >= 0.3 is 0 Å². The van der Waals surface area contributed by atoms with E-state index in [2.05, 4.69) is 17.1 Å². The lowest BCUT2D eigenvalue weighted by Crippen LogP contribution is -2.39. The largest absolute Gasteiger partial charge is 0.396 e. The van der Waals surface area contributed by atoms with Crippen LogP contribution in [0.15, 0.2) is 11.3 Å². The molecule has 1 aliphatic heterocycles. The Kier molecular flexibility index (Phi) is 5.44. The van der Waals surface area contributed by atoms with E-state index in [4.69, 9.17) is 16.2 Å². The molecule has 0 aromatic carbocycles. The van der Waals surface area contributed by atoms with Gasteiger partial charge in [-0.25, -0.2) is 0 Å². The molecule has 1 aliphatic rings. The first kappa shape index (κ1) is 14.0. The van der Waals surface area contributed by atoms with Gasteiger partial charge in [0.2, 0.25) is 0 Å². The zero-order chi connectivity index (χ0) is 12.8. The van der Waals surface area contributed by atoms with Crippen molar-refractivity contribution in [2.24, 2.45) is 5.73 Å². The van der Waals surface area contributed by atoms with Crippen LogP contribution >= 0.6 is 0 Å². The highest BCUT2D eigenvalue weighted by Gasteiger charge is 2.19. The van der Waals surface area contributed by atoms with Crippen molar-refractivity contribution in [3.8, 4) is 0 Å². The van der Waals surface area contributed by atoms with Crippen molar-refractivity contribution in [2.45, 2.75) is 32.2 Å². The number of nitrogens with two attached hydrogens (primary N) is 1. The van der Waals surface area contributed by atoms with E-state index in [1.54, 1.807) is 0 Å². The third kappa shape index (κ3) is 4.02. The standard InChI is InChI=1S/C12H24N4O/c1-3-9(5-7-17)15-11-4-6-16(2)8-10(11)12(13)14/h9,15,17H,3-8H2,1-2H3,(H3,13,14). The fourth-order valence-corrected chi connectivity index (χ4v) is 2.09. The van der Waals surface area contributed by atoms with Gasteiger partial charge in [-0.2, -0.15) is 0 Å². The topological polar surface area (TPSA) is 85.4 Å². The molecule has 0 amide bonds. The first-order valence-corrected chi connectivity index (χ1v) is 6.20. The molecule has 0 aromatic rings. The van der Waals surface area contributed by atoms with Crippen LogP contribution in [0.2, 0.25) is 0 Å². The Hall–Kier alpha value is -1.07. The third-order valence-electron chi connectivity index (χ3n) is 3.21. The highest BCUT2D eigenvalue weighted by molar-refractivity contribution is 5.95. The van der Waals surface area contributed by atoms with E-state index in [1.807, 2.05) is 7.05 Å². The number of nitrogens with one attached hydrogen (secondary N) is 2. The highest BCUT2D eigenvalue weighted by atomic mass is 16.3. The van der Waals surface area contributed by atoms with Crippen LogP contribution in [0.5, 0.6) is 0 Å². The number of aliphatic hydroxyl groups excluding tert-OH is 1. The van der Waals surface area contributed by atoms with Gasteiger partial charge in [-0.3, -0.25) is 5.41 Å². The van der Waals surface area contributed by atoms with Crippen molar-refractivity contribution in [1.29, 1.82) is 5.41 Å². The van der Waals surface area contributed by atoms with Crippen LogP contribution in [-0.4, -0.2) is 48.6 Å². The van der Waals surface area contributed by atoms with Crippen LogP contribution in [0.4, 0.5) is 0 Å². The van der Waals surface area contributed by atoms with Crippen molar-refractivity contribution < 1.29 is 5.11 Å². The van der Waals surface area contributed by atoms with E-state index in [-0.39, 0.29) is 18.5 Å². The number of aliphatic hydroxyl groups is 1. The first-order chi connectivity index (χ1) is 8.08. The highest BCUT2D eigenvalue weighted by Crippen LogP contribution is 2.16. The maximum Gasteiger partial charge on any atom is 0.121 e. The van der Waals surface area contributed by atoms with Gasteiger partial charge in [-0.15, -0.1) is 0 Å². The Labute approximate surface area is 103 Å². The van der Waals surface area contributed by atoms with Gasteiger partial charge in [0.15, 0.2) is 0 Å². The van der Waals surface area contributed by atoms with Gasteiger partial charge in [0.05, 0.1) is 0 Å². The molecule has 0 saturated carbocycles. The molecule has 1 atom stereocenters. The van der Waals surface area contributed by atoms with E-state index in [0.29, 0.717) is 0 Å². The summed E-state index contributed by atoms with van der Waals surface area (Å²) in [6, 6.07) is 0.271. The van der Waals surface area contributed by atoms with Gasteiger partial charge in [0, 0.05) is 43.4 Å². The number of nitrogens with zero attached hydrogens (tertiary/aromatic N) is 1. The van der Waals surface area contributed by atoms with Crippen molar-refractivity contribution in [3.63, 3.8) is 0 Å². The fraction of sp³-hybridized carbons (Fsp3) is 0.750. The maximum absolute atomic E-state index is 8.98. The molecule has 0 radical (unpaired) electrons. The molecule has 5 heteroatoms. The minimum absolute atomic E-state index is 0.151. The molecule has 0 aromatic heterocycles. The second kappa shape index (κ2) is 6.61. The SMILES string of the molecule is CCC(CCO)NC1=C(C(=N)N)CN(C)CC1. The monoisotopic (exact) mass is 240 g/mol. The lowest BCUT2D eigenvalue weighted by molar-refractivity contribution is 0.263. The summed E-state index contributed by atoms with van der Waals surface area (Å²) in [5.74, 6) is 0.151. The Balaban J connectivity index is 2.76. The lowest BCUT2D eigenvalue weighted by Gasteiger charge is -2.30. The van der Waals surface area contributed by atoms with E-state index in [9.17, 15) is 0 Å². The molecule has 17 heavy (non-hydrogen) atoms. The van der Waals surface area contributed by atoms with Crippen LogP contribution in [-0.2, 0) is 0 Å². The second-order valence-electron chi connectivity index (χ2n) is 4.62. The van der Waals surface area contributed by atoms with Gasteiger partial charge < -0.3 is 21.1 Å². The average molecular weight is 240 g/mol. The summed E-state index contributed by atoms with van der Waals surface area (Å²) in [7, 11) is 2.03. The summed E-state index contributed by atoms with van der Waals surface area (Å²) in [5.41, 5.74) is 7.60. The number of rotatable bonds is 6. The van der Waals surface area contributed by atoms with Crippen LogP contribution < -0.4 is 11.1 Å². The number of likely N-dealkylation sites (N-methyl/N-ethyl adjacent to an activating group) is 1. The smallest absolute Gasteiger partial charge is 0.121 e. The number of hydrogen-bond acceptors (Lipinski definition) is 4. The minimum atomic E-state index is 0.151. The molecule has 5 N–H and O–H groups in total. The fourth-order valence-electron chi connectivity index (χ4n) is 2.09. The molecule has 0 bridgehead atoms.